The Balaban J connectivity index is 2.76. The monoisotopic (exact) mass is 223 g/mol. The largest absolute Gasteiger partial charge is 0.481 e. The Morgan fingerprint density at radius 1 is 1.38 bits per heavy atom. The van der Waals surface area contributed by atoms with E-state index in [1.807, 2.05) is 13.0 Å². The van der Waals surface area contributed by atoms with Crippen LogP contribution in [0.1, 0.15) is 32.9 Å². The maximum atomic E-state index is 5.11. The number of aromatic nitrogens is 2. The van der Waals surface area contributed by atoms with E-state index in [1.54, 1.807) is 7.11 Å². The van der Waals surface area contributed by atoms with Crippen LogP contribution in [-0.4, -0.2) is 23.1 Å². The van der Waals surface area contributed by atoms with Gasteiger partial charge in [0.2, 0.25) is 11.8 Å². The first-order chi connectivity index (χ1) is 7.56. The molecule has 1 aromatic rings. The molecule has 1 heterocycles. The Bertz CT molecular complexity index is 341. The topological polar surface area (TPSA) is 47.0 Å². The number of ether oxygens (including phenoxy) is 1. The van der Waals surface area contributed by atoms with Crippen LogP contribution in [0.2, 0.25) is 0 Å². The first kappa shape index (κ1) is 12.7. The highest BCUT2D eigenvalue weighted by atomic mass is 16.5. The fraction of sp³-hybridized carbons (Fsp3) is 0.667. The second-order valence-corrected chi connectivity index (χ2v) is 4.19. The van der Waals surface area contributed by atoms with Crippen molar-refractivity contribution in [2.24, 2.45) is 5.92 Å². The van der Waals surface area contributed by atoms with E-state index < -0.39 is 0 Å². The standard InChI is InChI=1S/C12H21N3O/c1-6-8(2)10(4)14-12-13-9(3)7-11(15-12)16-5/h7-8,10H,6H2,1-5H3,(H,13,14,15). The maximum absolute atomic E-state index is 5.11. The highest BCUT2D eigenvalue weighted by molar-refractivity contribution is 5.31. The molecule has 2 unspecified atom stereocenters. The van der Waals surface area contributed by atoms with Crippen LogP contribution in [0.3, 0.4) is 0 Å². The van der Waals surface area contributed by atoms with Gasteiger partial charge < -0.3 is 10.1 Å². The van der Waals surface area contributed by atoms with Crippen molar-refractivity contribution in [1.82, 2.24) is 9.97 Å². The Morgan fingerprint density at radius 3 is 2.62 bits per heavy atom. The molecule has 0 amide bonds. The van der Waals surface area contributed by atoms with Gasteiger partial charge in [0.1, 0.15) is 0 Å². The third-order valence-corrected chi connectivity index (χ3v) is 2.89. The van der Waals surface area contributed by atoms with E-state index in [9.17, 15) is 0 Å². The number of rotatable bonds is 5. The van der Waals surface area contributed by atoms with Gasteiger partial charge in [-0.3, -0.25) is 0 Å². The summed E-state index contributed by atoms with van der Waals surface area (Å²) in [6, 6.07) is 2.18. The quantitative estimate of drug-likeness (QED) is 0.833. The van der Waals surface area contributed by atoms with E-state index in [1.165, 1.54) is 0 Å². The Kier molecular flexibility index (Phi) is 4.52. The van der Waals surface area contributed by atoms with Crippen LogP contribution < -0.4 is 10.1 Å². The average Bonchev–Trinajstić information content (AvgIpc) is 2.26. The lowest BCUT2D eigenvalue weighted by atomic mass is 10.0. The molecule has 0 aromatic carbocycles. The average molecular weight is 223 g/mol. The van der Waals surface area contributed by atoms with Crippen molar-refractivity contribution in [2.45, 2.75) is 40.2 Å². The molecule has 1 aromatic heterocycles. The van der Waals surface area contributed by atoms with Crippen LogP contribution in [0.15, 0.2) is 6.07 Å². The van der Waals surface area contributed by atoms with Gasteiger partial charge in [-0.1, -0.05) is 20.3 Å². The van der Waals surface area contributed by atoms with Crippen molar-refractivity contribution in [3.05, 3.63) is 11.8 Å². The maximum Gasteiger partial charge on any atom is 0.226 e. The molecule has 16 heavy (non-hydrogen) atoms. The molecule has 0 saturated carbocycles. The zero-order valence-electron chi connectivity index (χ0n) is 10.7. The molecular weight excluding hydrogens is 202 g/mol. The van der Waals surface area contributed by atoms with Crippen molar-refractivity contribution < 1.29 is 4.74 Å². The third kappa shape index (κ3) is 3.36. The predicted molar refractivity (Wildman–Crippen MR) is 65.9 cm³/mol. The van der Waals surface area contributed by atoms with E-state index in [4.69, 9.17) is 4.74 Å². The predicted octanol–water partition coefficient (Wildman–Crippen LogP) is 2.64. The summed E-state index contributed by atoms with van der Waals surface area (Å²) in [5.74, 6) is 1.84. The number of hydrogen-bond donors (Lipinski definition) is 1. The van der Waals surface area contributed by atoms with Crippen molar-refractivity contribution >= 4 is 5.95 Å². The van der Waals surface area contributed by atoms with Crippen LogP contribution in [-0.2, 0) is 0 Å². The van der Waals surface area contributed by atoms with Gasteiger partial charge in [0.25, 0.3) is 0 Å². The minimum atomic E-state index is 0.358. The number of nitrogens with zero attached hydrogens (tertiary/aromatic N) is 2. The zero-order chi connectivity index (χ0) is 12.1. The van der Waals surface area contributed by atoms with Crippen LogP contribution >= 0.6 is 0 Å². The lowest BCUT2D eigenvalue weighted by Crippen LogP contribution is -2.24. The number of hydrogen-bond acceptors (Lipinski definition) is 4. The van der Waals surface area contributed by atoms with Gasteiger partial charge in [0.15, 0.2) is 0 Å². The molecule has 0 radical (unpaired) electrons. The summed E-state index contributed by atoms with van der Waals surface area (Å²) in [6.45, 7) is 8.47. The van der Waals surface area contributed by atoms with Gasteiger partial charge in [-0.05, 0) is 19.8 Å². The van der Waals surface area contributed by atoms with Gasteiger partial charge in [-0.2, -0.15) is 4.98 Å². The Hall–Kier alpha value is -1.32. The fourth-order valence-electron chi connectivity index (χ4n) is 1.41. The molecule has 4 nitrogen and oxygen atoms in total. The molecule has 1 N–H and O–H groups in total. The van der Waals surface area contributed by atoms with Crippen LogP contribution in [0.4, 0.5) is 5.95 Å². The van der Waals surface area contributed by atoms with Crippen LogP contribution in [0, 0.1) is 12.8 Å². The molecule has 0 spiro atoms. The van der Waals surface area contributed by atoms with Crippen molar-refractivity contribution in [1.29, 1.82) is 0 Å². The van der Waals surface area contributed by atoms with E-state index in [2.05, 4.69) is 36.1 Å². The number of methoxy groups -OCH3 is 1. The molecule has 90 valence electrons. The fourth-order valence-corrected chi connectivity index (χ4v) is 1.41. The normalized spacial score (nSPS) is 14.3. The molecular formula is C12H21N3O. The molecule has 0 aliphatic heterocycles. The van der Waals surface area contributed by atoms with Gasteiger partial charge in [-0.25, -0.2) is 4.98 Å². The second kappa shape index (κ2) is 5.68. The minimum absolute atomic E-state index is 0.358. The van der Waals surface area contributed by atoms with E-state index in [0.29, 0.717) is 23.8 Å². The lowest BCUT2D eigenvalue weighted by molar-refractivity contribution is 0.396. The first-order valence-corrected chi connectivity index (χ1v) is 5.73. The highest BCUT2D eigenvalue weighted by Crippen LogP contribution is 2.15. The molecule has 1 rings (SSSR count). The number of aryl methyl sites for hydroxylation is 1. The molecule has 0 aliphatic carbocycles. The summed E-state index contributed by atoms with van der Waals surface area (Å²) < 4.78 is 5.11. The molecule has 0 fully saturated rings. The molecule has 0 bridgehead atoms. The summed E-state index contributed by atoms with van der Waals surface area (Å²) in [4.78, 5) is 8.60. The number of nitrogens with one attached hydrogen (secondary N) is 1. The van der Waals surface area contributed by atoms with E-state index >= 15 is 0 Å². The van der Waals surface area contributed by atoms with Gasteiger partial charge in [0, 0.05) is 17.8 Å². The Labute approximate surface area is 97.5 Å². The molecule has 0 saturated heterocycles. The SMILES string of the molecule is CCC(C)C(C)Nc1nc(C)cc(OC)n1. The summed E-state index contributed by atoms with van der Waals surface area (Å²) >= 11 is 0. The van der Waals surface area contributed by atoms with E-state index in [0.717, 1.165) is 12.1 Å². The molecule has 4 heteroatoms. The lowest BCUT2D eigenvalue weighted by Gasteiger charge is -2.20. The third-order valence-electron chi connectivity index (χ3n) is 2.89. The zero-order valence-corrected chi connectivity index (χ0v) is 10.7. The van der Waals surface area contributed by atoms with E-state index in [-0.39, 0.29) is 0 Å². The van der Waals surface area contributed by atoms with Crippen molar-refractivity contribution in [3.63, 3.8) is 0 Å². The smallest absolute Gasteiger partial charge is 0.226 e. The summed E-state index contributed by atoms with van der Waals surface area (Å²) in [7, 11) is 1.61. The summed E-state index contributed by atoms with van der Waals surface area (Å²) in [6.07, 6.45) is 1.14. The summed E-state index contributed by atoms with van der Waals surface area (Å²) in [5.41, 5.74) is 0.908. The molecule has 0 aliphatic rings. The van der Waals surface area contributed by atoms with Crippen molar-refractivity contribution in [2.75, 3.05) is 12.4 Å². The minimum Gasteiger partial charge on any atom is -0.481 e. The van der Waals surface area contributed by atoms with Gasteiger partial charge in [0.05, 0.1) is 7.11 Å². The van der Waals surface area contributed by atoms with Gasteiger partial charge >= 0.3 is 0 Å². The van der Waals surface area contributed by atoms with Crippen molar-refractivity contribution in [3.8, 4) is 5.88 Å². The van der Waals surface area contributed by atoms with Gasteiger partial charge in [-0.15, -0.1) is 0 Å². The first-order valence-electron chi connectivity index (χ1n) is 5.73. The molecule has 2 atom stereocenters. The summed E-state index contributed by atoms with van der Waals surface area (Å²) in [5, 5.41) is 3.31. The highest BCUT2D eigenvalue weighted by Gasteiger charge is 2.11. The van der Waals surface area contributed by atoms with Crippen LogP contribution in [0.5, 0.6) is 5.88 Å². The number of anilines is 1. The van der Waals surface area contributed by atoms with Crippen LogP contribution in [0.25, 0.3) is 0 Å². The Morgan fingerprint density at radius 2 is 2.06 bits per heavy atom. The second-order valence-electron chi connectivity index (χ2n) is 4.19.